The van der Waals surface area contributed by atoms with Gasteiger partial charge in [0.25, 0.3) is 0 Å². The normalized spacial score (nSPS) is 43.5. The number of aliphatic hydroxyl groups excluding tert-OH is 1. The highest BCUT2D eigenvalue weighted by Gasteiger charge is 2.57. The maximum Gasteiger partial charge on any atom is 0.0786 e. The van der Waals surface area contributed by atoms with E-state index in [9.17, 15) is 5.11 Å². The smallest absolute Gasteiger partial charge is 0.0786 e. The van der Waals surface area contributed by atoms with Gasteiger partial charge >= 0.3 is 0 Å². The van der Waals surface area contributed by atoms with Crippen LogP contribution in [0.1, 0.15) is 98.8 Å². The van der Waals surface area contributed by atoms with Crippen LogP contribution in [0.5, 0.6) is 0 Å². The fraction of sp³-hybridized carbons (Fsp3) is 0.793. The van der Waals surface area contributed by atoms with Crippen molar-refractivity contribution in [3.05, 3.63) is 35.6 Å². The van der Waals surface area contributed by atoms with E-state index in [1.807, 2.05) is 12.5 Å². The number of aliphatic hydroxyl groups is 1. The predicted molar refractivity (Wildman–Crippen MR) is 128 cm³/mol. The van der Waals surface area contributed by atoms with Crippen molar-refractivity contribution in [2.75, 3.05) is 0 Å². The van der Waals surface area contributed by atoms with E-state index in [1.54, 1.807) is 0 Å². The second-order valence-electron chi connectivity index (χ2n) is 11.9. The Kier molecular flexibility index (Phi) is 6.31. The highest BCUT2D eigenvalue weighted by atomic mass is 16.2. The molecule has 0 aliphatic heterocycles. The number of rotatable bonds is 5. The quantitative estimate of drug-likeness (QED) is 0.355. The summed E-state index contributed by atoms with van der Waals surface area (Å²) in [4.78, 5) is 0. The van der Waals surface area contributed by atoms with Gasteiger partial charge in [-0.3, -0.25) is 0 Å². The molecule has 0 aromatic rings. The van der Waals surface area contributed by atoms with Crippen LogP contribution in [-0.4, -0.2) is 5.11 Å². The standard InChI is InChI=1S/C29H46O/c1-6-22(21(3)19-30)11-10-20(2)25-14-15-26-24-13-12-23-9-7-8-17-28(23,4)27(24)16-18-29(25,26)5/h10-11,13,19-20,22-23,25-27,30H,6-9,12,14-18H2,1-5H3/t20-,22+,23?,25-,26+,27+,28+,29-/m1/s1. The molecule has 4 aliphatic rings. The first-order valence-corrected chi connectivity index (χ1v) is 13.0. The van der Waals surface area contributed by atoms with Gasteiger partial charge in [-0.15, -0.1) is 0 Å². The second-order valence-corrected chi connectivity index (χ2v) is 11.9. The van der Waals surface area contributed by atoms with Gasteiger partial charge in [-0.25, -0.2) is 0 Å². The number of hydrogen-bond donors (Lipinski definition) is 1. The molecule has 0 radical (unpaired) electrons. The van der Waals surface area contributed by atoms with Crippen LogP contribution in [0, 0.1) is 46.3 Å². The van der Waals surface area contributed by atoms with Crippen LogP contribution in [0.25, 0.3) is 0 Å². The van der Waals surface area contributed by atoms with E-state index < -0.39 is 0 Å². The van der Waals surface area contributed by atoms with Gasteiger partial charge in [0.1, 0.15) is 0 Å². The molecule has 0 amide bonds. The lowest BCUT2D eigenvalue weighted by molar-refractivity contribution is -0.00480. The van der Waals surface area contributed by atoms with Crippen LogP contribution in [0.2, 0.25) is 0 Å². The Balaban J connectivity index is 1.53. The van der Waals surface area contributed by atoms with Gasteiger partial charge in [-0.1, -0.05) is 64.3 Å². The zero-order valence-corrected chi connectivity index (χ0v) is 20.3. The van der Waals surface area contributed by atoms with Crippen LogP contribution in [0.3, 0.4) is 0 Å². The third-order valence-electron chi connectivity index (χ3n) is 10.6. The highest BCUT2D eigenvalue weighted by molar-refractivity contribution is 5.28. The van der Waals surface area contributed by atoms with E-state index in [2.05, 4.69) is 45.9 Å². The first-order chi connectivity index (χ1) is 14.3. The molecule has 168 valence electrons. The van der Waals surface area contributed by atoms with Crippen molar-refractivity contribution in [1.29, 1.82) is 0 Å². The lowest BCUT2D eigenvalue weighted by Gasteiger charge is -2.57. The van der Waals surface area contributed by atoms with Crippen LogP contribution in [0.15, 0.2) is 35.6 Å². The third kappa shape index (κ3) is 3.53. The van der Waals surface area contributed by atoms with Crippen LogP contribution >= 0.6 is 0 Å². The molecule has 1 unspecified atom stereocenters. The van der Waals surface area contributed by atoms with Gasteiger partial charge in [0.2, 0.25) is 0 Å². The van der Waals surface area contributed by atoms with Crippen molar-refractivity contribution < 1.29 is 5.11 Å². The summed E-state index contributed by atoms with van der Waals surface area (Å²) in [6, 6.07) is 0. The molecule has 1 nitrogen and oxygen atoms in total. The maximum absolute atomic E-state index is 9.42. The Morgan fingerprint density at radius 3 is 2.57 bits per heavy atom. The molecule has 4 rings (SSSR count). The fourth-order valence-electron chi connectivity index (χ4n) is 8.60. The minimum Gasteiger partial charge on any atom is -0.516 e. The monoisotopic (exact) mass is 410 g/mol. The molecule has 0 aromatic heterocycles. The number of allylic oxidation sites excluding steroid dienone is 5. The van der Waals surface area contributed by atoms with Crippen LogP contribution in [0.4, 0.5) is 0 Å². The van der Waals surface area contributed by atoms with Gasteiger partial charge in [-0.2, -0.15) is 0 Å². The summed E-state index contributed by atoms with van der Waals surface area (Å²) in [5.41, 5.74) is 4.05. The van der Waals surface area contributed by atoms with E-state index in [4.69, 9.17) is 0 Å². The molecule has 1 N–H and O–H groups in total. The third-order valence-corrected chi connectivity index (χ3v) is 10.6. The van der Waals surface area contributed by atoms with Gasteiger partial charge in [0.15, 0.2) is 0 Å². The molecule has 0 spiro atoms. The maximum atomic E-state index is 9.42. The van der Waals surface area contributed by atoms with E-state index in [0.29, 0.717) is 22.7 Å². The van der Waals surface area contributed by atoms with Crippen molar-refractivity contribution in [2.45, 2.75) is 98.8 Å². The zero-order valence-electron chi connectivity index (χ0n) is 20.3. The molecule has 0 saturated heterocycles. The summed E-state index contributed by atoms with van der Waals surface area (Å²) in [7, 11) is 0. The first-order valence-electron chi connectivity index (χ1n) is 13.0. The average Bonchev–Trinajstić information content (AvgIpc) is 3.10. The van der Waals surface area contributed by atoms with Gasteiger partial charge < -0.3 is 5.11 Å². The molecule has 0 heterocycles. The Labute approximate surface area is 186 Å². The van der Waals surface area contributed by atoms with Crippen molar-refractivity contribution in [1.82, 2.24) is 0 Å². The molecule has 3 saturated carbocycles. The lowest BCUT2D eigenvalue weighted by Crippen LogP contribution is -2.48. The molecule has 0 bridgehead atoms. The lowest BCUT2D eigenvalue weighted by atomic mass is 9.48. The summed E-state index contributed by atoms with van der Waals surface area (Å²) >= 11 is 0. The fourth-order valence-corrected chi connectivity index (χ4v) is 8.60. The Morgan fingerprint density at radius 2 is 1.83 bits per heavy atom. The molecule has 1 heteroatoms. The summed E-state index contributed by atoms with van der Waals surface area (Å²) in [6.45, 7) is 12.0. The van der Waals surface area contributed by atoms with Crippen molar-refractivity contribution in [2.24, 2.45) is 46.3 Å². The van der Waals surface area contributed by atoms with Gasteiger partial charge in [0, 0.05) is 5.92 Å². The van der Waals surface area contributed by atoms with Crippen molar-refractivity contribution in [3.63, 3.8) is 0 Å². The molecular weight excluding hydrogens is 364 g/mol. The van der Waals surface area contributed by atoms with Crippen LogP contribution < -0.4 is 0 Å². The van der Waals surface area contributed by atoms with E-state index in [0.717, 1.165) is 35.7 Å². The number of hydrogen-bond acceptors (Lipinski definition) is 1. The zero-order chi connectivity index (χ0) is 21.5. The Hall–Kier alpha value is -0.980. The number of fused-ring (bicyclic) bond motifs is 5. The van der Waals surface area contributed by atoms with Gasteiger partial charge in [-0.05, 0) is 104 Å². The SMILES string of the molecule is CC[C@@H](C=C[C@@H](C)[C@H]1CC[C@H]2C3=CCC4CCCC[C@]4(C)[C@H]3CC[C@]12C)C(C)=CO. The largest absolute Gasteiger partial charge is 0.516 e. The predicted octanol–water partition coefficient (Wildman–Crippen LogP) is 8.64. The Morgan fingerprint density at radius 1 is 1.07 bits per heavy atom. The topological polar surface area (TPSA) is 20.2 Å². The molecule has 0 aromatic carbocycles. The van der Waals surface area contributed by atoms with E-state index >= 15 is 0 Å². The second kappa shape index (κ2) is 8.51. The summed E-state index contributed by atoms with van der Waals surface area (Å²) in [5.74, 6) is 4.46. The summed E-state index contributed by atoms with van der Waals surface area (Å²) in [6.07, 6.45) is 22.9. The van der Waals surface area contributed by atoms with Crippen LogP contribution in [-0.2, 0) is 0 Å². The average molecular weight is 411 g/mol. The van der Waals surface area contributed by atoms with E-state index in [1.165, 1.54) is 64.0 Å². The molecular formula is C29H46O. The minimum atomic E-state index is 0.377. The summed E-state index contributed by atoms with van der Waals surface area (Å²) in [5, 5.41) is 9.42. The molecule has 8 atom stereocenters. The van der Waals surface area contributed by atoms with Gasteiger partial charge in [0.05, 0.1) is 6.26 Å². The molecule has 30 heavy (non-hydrogen) atoms. The highest BCUT2D eigenvalue weighted by Crippen LogP contribution is 2.66. The van der Waals surface area contributed by atoms with E-state index in [-0.39, 0.29) is 0 Å². The molecule has 4 aliphatic carbocycles. The van der Waals surface area contributed by atoms with Crippen molar-refractivity contribution >= 4 is 0 Å². The van der Waals surface area contributed by atoms with Crippen molar-refractivity contribution in [3.8, 4) is 0 Å². The minimum absolute atomic E-state index is 0.377. The first kappa shape index (κ1) is 22.2. The summed E-state index contributed by atoms with van der Waals surface area (Å²) < 4.78 is 0. The Bertz CT molecular complexity index is 714. The molecule has 3 fully saturated rings.